The molecule has 0 saturated carbocycles. The Kier molecular flexibility index (Phi) is 2.88. The van der Waals surface area contributed by atoms with E-state index < -0.39 is 0 Å². The number of nitrogens with two attached hydrogens (primary N) is 1. The summed E-state index contributed by atoms with van der Waals surface area (Å²) in [6, 6.07) is 10.7. The molecule has 0 spiro atoms. The fourth-order valence-electron chi connectivity index (χ4n) is 1.82. The summed E-state index contributed by atoms with van der Waals surface area (Å²) in [4.78, 5) is 2.15. The first-order valence-corrected chi connectivity index (χ1v) is 5.22. The van der Waals surface area contributed by atoms with Gasteiger partial charge in [0.25, 0.3) is 0 Å². The highest BCUT2D eigenvalue weighted by Crippen LogP contribution is 2.22. The van der Waals surface area contributed by atoms with E-state index in [1.165, 1.54) is 5.56 Å². The van der Waals surface area contributed by atoms with Crippen LogP contribution in [0.15, 0.2) is 54.8 Å². The van der Waals surface area contributed by atoms with E-state index in [1.54, 1.807) is 0 Å². The van der Waals surface area contributed by atoms with Crippen LogP contribution >= 0.6 is 0 Å². The number of benzene rings is 1. The Morgan fingerprint density at radius 3 is 2.60 bits per heavy atom. The Morgan fingerprint density at radius 2 is 1.93 bits per heavy atom. The molecule has 0 amide bonds. The van der Waals surface area contributed by atoms with E-state index in [2.05, 4.69) is 36.1 Å². The zero-order valence-electron chi connectivity index (χ0n) is 8.88. The highest BCUT2D eigenvalue weighted by atomic mass is 15.2. The summed E-state index contributed by atoms with van der Waals surface area (Å²) in [6.45, 7) is 2.17. The van der Waals surface area contributed by atoms with Gasteiger partial charge in [0.1, 0.15) is 0 Å². The average molecular weight is 200 g/mol. The Labute approximate surface area is 90.7 Å². The van der Waals surface area contributed by atoms with Crippen LogP contribution in [0.3, 0.4) is 0 Å². The number of hydrogen-bond acceptors (Lipinski definition) is 2. The molecule has 0 fully saturated rings. The molecule has 1 aromatic rings. The smallest absolute Gasteiger partial charge is 0.0965 e. The molecule has 2 nitrogen and oxygen atoms in total. The molecule has 0 saturated heterocycles. The first-order valence-electron chi connectivity index (χ1n) is 5.22. The van der Waals surface area contributed by atoms with Gasteiger partial charge in [-0.2, -0.15) is 0 Å². The van der Waals surface area contributed by atoms with E-state index in [4.69, 9.17) is 5.73 Å². The van der Waals surface area contributed by atoms with Gasteiger partial charge in [-0.15, -0.1) is 0 Å². The lowest BCUT2D eigenvalue weighted by Gasteiger charge is -2.33. The lowest BCUT2D eigenvalue weighted by atomic mass is 10.1. The Morgan fingerprint density at radius 1 is 1.20 bits per heavy atom. The van der Waals surface area contributed by atoms with Crippen LogP contribution in [0, 0.1) is 0 Å². The summed E-state index contributed by atoms with van der Waals surface area (Å²) in [5, 5.41) is 0. The lowest BCUT2D eigenvalue weighted by Crippen LogP contribution is -2.39. The first-order chi connectivity index (χ1) is 7.29. The molecule has 0 aromatic heterocycles. The van der Waals surface area contributed by atoms with Crippen molar-refractivity contribution in [2.75, 3.05) is 0 Å². The van der Waals surface area contributed by atoms with Crippen molar-refractivity contribution in [2.45, 2.75) is 19.1 Å². The topological polar surface area (TPSA) is 29.3 Å². The standard InChI is InChI=1S/C13H16N2/c1-11(12-7-3-2-4-8-12)15-10-6-5-9-13(15)14/h2-11,13H,14H2,1H3. The van der Waals surface area contributed by atoms with E-state index in [1.807, 2.05) is 30.5 Å². The molecule has 15 heavy (non-hydrogen) atoms. The van der Waals surface area contributed by atoms with Crippen LogP contribution in [-0.2, 0) is 0 Å². The number of hydrogen-bond donors (Lipinski definition) is 1. The highest BCUT2D eigenvalue weighted by molar-refractivity contribution is 5.21. The van der Waals surface area contributed by atoms with Crippen molar-refractivity contribution < 1.29 is 0 Å². The van der Waals surface area contributed by atoms with Gasteiger partial charge in [0, 0.05) is 6.20 Å². The summed E-state index contributed by atoms with van der Waals surface area (Å²) in [5.41, 5.74) is 7.29. The molecule has 0 radical (unpaired) electrons. The maximum Gasteiger partial charge on any atom is 0.0965 e. The molecule has 0 aliphatic carbocycles. The van der Waals surface area contributed by atoms with Gasteiger partial charge < -0.3 is 10.6 Å². The van der Waals surface area contributed by atoms with E-state index in [0.29, 0.717) is 6.04 Å². The van der Waals surface area contributed by atoms with Gasteiger partial charge >= 0.3 is 0 Å². The molecule has 0 bridgehead atoms. The van der Waals surface area contributed by atoms with E-state index in [-0.39, 0.29) is 6.17 Å². The molecule has 2 N–H and O–H groups in total. The van der Waals surface area contributed by atoms with Gasteiger partial charge in [-0.1, -0.05) is 36.4 Å². The van der Waals surface area contributed by atoms with Gasteiger partial charge in [-0.3, -0.25) is 0 Å². The monoisotopic (exact) mass is 200 g/mol. The Hall–Kier alpha value is -1.54. The third-order valence-corrected chi connectivity index (χ3v) is 2.75. The number of allylic oxidation sites excluding steroid dienone is 2. The minimum Gasteiger partial charge on any atom is -0.352 e. The summed E-state index contributed by atoms with van der Waals surface area (Å²) < 4.78 is 0. The van der Waals surface area contributed by atoms with Gasteiger partial charge in [-0.25, -0.2) is 0 Å². The van der Waals surface area contributed by atoms with Crippen molar-refractivity contribution in [3.05, 3.63) is 60.3 Å². The molecule has 1 aliphatic heterocycles. The predicted octanol–water partition coefficient (Wildman–Crippen LogP) is 2.42. The maximum atomic E-state index is 6.01. The molecule has 1 aromatic carbocycles. The zero-order chi connectivity index (χ0) is 10.7. The fraction of sp³-hybridized carbons (Fsp3) is 0.231. The summed E-state index contributed by atoms with van der Waals surface area (Å²) in [7, 11) is 0. The van der Waals surface area contributed by atoms with Gasteiger partial charge in [0.05, 0.1) is 12.2 Å². The summed E-state index contributed by atoms with van der Waals surface area (Å²) in [6.07, 6.45) is 8.02. The van der Waals surface area contributed by atoms with Crippen LogP contribution < -0.4 is 5.73 Å². The van der Waals surface area contributed by atoms with Crippen molar-refractivity contribution in [3.8, 4) is 0 Å². The normalized spacial score (nSPS) is 21.7. The van der Waals surface area contributed by atoms with Crippen LogP contribution in [0.4, 0.5) is 0 Å². The summed E-state index contributed by atoms with van der Waals surface area (Å²) >= 11 is 0. The van der Waals surface area contributed by atoms with Crippen molar-refractivity contribution in [1.82, 2.24) is 4.90 Å². The van der Waals surface area contributed by atoms with E-state index in [0.717, 1.165) is 0 Å². The van der Waals surface area contributed by atoms with Gasteiger partial charge in [0.2, 0.25) is 0 Å². The molecular formula is C13H16N2. The molecule has 2 heteroatoms. The molecule has 1 aliphatic rings. The molecule has 2 unspecified atom stereocenters. The van der Waals surface area contributed by atoms with E-state index >= 15 is 0 Å². The van der Waals surface area contributed by atoms with Crippen LogP contribution in [0.1, 0.15) is 18.5 Å². The average Bonchev–Trinajstić information content (AvgIpc) is 2.30. The number of rotatable bonds is 2. The second kappa shape index (κ2) is 4.32. The second-order valence-electron chi connectivity index (χ2n) is 3.75. The van der Waals surface area contributed by atoms with Crippen molar-refractivity contribution >= 4 is 0 Å². The lowest BCUT2D eigenvalue weighted by molar-refractivity contribution is 0.253. The SMILES string of the molecule is CC(c1ccccc1)N1C=CC=CC1N. The van der Waals surface area contributed by atoms with Crippen molar-refractivity contribution in [2.24, 2.45) is 5.73 Å². The molecule has 78 valence electrons. The minimum atomic E-state index is -0.0230. The Balaban J connectivity index is 2.18. The van der Waals surface area contributed by atoms with Crippen LogP contribution in [0.25, 0.3) is 0 Å². The highest BCUT2D eigenvalue weighted by Gasteiger charge is 2.17. The van der Waals surface area contributed by atoms with Gasteiger partial charge in [-0.05, 0) is 24.6 Å². The predicted molar refractivity (Wildman–Crippen MR) is 63.0 cm³/mol. The molecule has 2 rings (SSSR count). The molecule has 2 atom stereocenters. The minimum absolute atomic E-state index is 0.0230. The fourth-order valence-corrected chi connectivity index (χ4v) is 1.82. The first kappa shape index (κ1) is 9.99. The van der Waals surface area contributed by atoms with Gasteiger partial charge in [0.15, 0.2) is 0 Å². The quantitative estimate of drug-likeness (QED) is 0.794. The van der Waals surface area contributed by atoms with E-state index in [9.17, 15) is 0 Å². The zero-order valence-corrected chi connectivity index (χ0v) is 8.88. The number of nitrogens with zero attached hydrogens (tertiary/aromatic N) is 1. The van der Waals surface area contributed by atoms with Crippen molar-refractivity contribution in [3.63, 3.8) is 0 Å². The van der Waals surface area contributed by atoms with Crippen LogP contribution in [-0.4, -0.2) is 11.1 Å². The third kappa shape index (κ3) is 2.10. The second-order valence-corrected chi connectivity index (χ2v) is 3.75. The maximum absolute atomic E-state index is 6.01. The Bertz CT molecular complexity index is 367. The summed E-state index contributed by atoms with van der Waals surface area (Å²) in [5.74, 6) is 0. The molecule has 1 heterocycles. The van der Waals surface area contributed by atoms with Crippen LogP contribution in [0.2, 0.25) is 0 Å². The van der Waals surface area contributed by atoms with Crippen molar-refractivity contribution in [1.29, 1.82) is 0 Å². The largest absolute Gasteiger partial charge is 0.352 e. The third-order valence-electron chi connectivity index (χ3n) is 2.75. The molecular weight excluding hydrogens is 184 g/mol. The van der Waals surface area contributed by atoms with Crippen LogP contribution in [0.5, 0.6) is 0 Å².